The molecule has 3 heteroatoms. The van der Waals surface area contributed by atoms with E-state index in [-0.39, 0.29) is 0 Å². The maximum Gasteiger partial charge on any atom is 0.134 e. The molecule has 0 spiro atoms. The molecule has 0 saturated heterocycles. The van der Waals surface area contributed by atoms with Gasteiger partial charge in [0.1, 0.15) is 5.58 Å². The molecule has 1 heterocycles. The van der Waals surface area contributed by atoms with Gasteiger partial charge >= 0.3 is 0 Å². The van der Waals surface area contributed by atoms with Gasteiger partial charge in [-0.2, -0.15) is 0 Å². The van der Waals surface area contributed by atoms with Gasteiger partial charge in [-0.25, -0.2) is 0 Å². The summed E-state index contributed by atoms with van der Waals surface area (Å²) >= 11 is 9.48. The van der Waals surface area contributed by atoms with Gasteiger partial charge in [0.25, 0.3) is 0 Å². The van der Waals surface area contributed by atoms with E-state index in [1.165, 1.54) is 5.56 Å². The smallest absolute Gasteiger partial charge is 0.134 e. The Hall–Kier alpha value is -1.25. The van der Waals surface area contributed by atoms with Gasteiger partial charge in [-0.3, -0.25) is 0 Å². The average Bonchev–Trinajstić information content (AvgIpc) is 2.82. The fraction of sp³-hybridized carbons (Fsp3) is 0.0667. The van der Waals surface area contributed by atoms with Crippen LogP contribution in [0.1, 0.15) is 5.56 Å². The predicted octanol–water partition coefficient (Wildman–Crippen LogP) is 5.65. The molecule has 1 aromatic heterocycles. The first-order chi connectivity index (χ1) is 8.78. The Morgan fingerprint density at radius 3 is 2.56 bits per heavy atom. The number of alkyl halides is 1. The van der Waals surface area contributed by atoms with Gasteiger partial charge in [-0.15, -0.1) is 0 Å². The highest BCUT2D eigenvalue weighted by Gasteiger charge is 2.08. The number of hydrogen-bond acceptors (Lipinski definition) is 1. The van der Waals surface area contributed by atoms with E-state index in [2.05, 4.69) is 40.2 Å². The zero-order valence-electron chi connectivity index (χ0n) is 9.49. The van der Waals surface area contributed by atoms with Gasteiger partial charge in [-0.05, 0) is 29.3 Å². The van der Waals surface area contributed by atoms with Crippen LogP contribution in [0, 0.1) is 0 Å². The van der Waals surface area contributed by atoms with Crippen molar-refractivity contribution in [2.45, 2.75) is 5.33 Å². The topological polar surface area (TPSA) is 13.1 Å². The van der Waals surface area contributed by atoms with Gasteiger partial charge in [-0.1, -0.05) is 51.8 Å². The molecule has 0 aliphatic carbocycles. The summed E-state index contributed by atoms with van der Waals surface area (Å²) in [6.45, 7) is 0. The van der Waals surface area contributed by atoms with E-state index < -0.39 is 0 Å². The Balaban J connectivity index is 2.15. The lowest BCUT2D eigenvalue weighted by molar-refractivity contribution is 0.617. The second-order valence-corrected chi connectivity index (χ2v) is 5.12. The lowest BCUT2D eigenvalue weighted by Gasteiger charge is -2.00. The van der Waals surface area contributed by atoms with E-state index in [0.29, 0.717) is 0 Å². The zero-order chi connectivity index (χ0) is 12.5. The monoisotopic (exact) mass is 320 g/mol. The van der Waals surface area contributed by atoms with Crippen molar-refractivity contribution in [2.24, 2.45) is 0 Å². The summed E-state index contributed by atoms with van der Waals surface area (Å²) in [6.07, 6.45) is 1.78. The molecule has 0 fully saturated rings. The molecule has 0 unspecified atom stereocenters. The third-order valence-electron chi connectivity index (χ3n) is 2.95. The minimum atomic E-state index is 0.724. The van der Waals surface area contributed by atoms with E-state index in [1.807, 2.05) is 18.2 Å². The Morgan fingerprint density at radius 2 is 1.83 bits per heavy atom. The highest BCUT2D eigenvalue weighted by atomic mass is 79.9. The fourth-order valence-corrected chi connectivity index (χ4v) is 2.54. The summed E-state index contributed by atoms with van der Waals surface area (Å²) in [5, 5.41) is 2.64. The number of rotatable bonds is 2. The molecule has 3 rings (SSSR count). The summed E-state index contributed by atoms with van der Waals surface area (Å²) in [6, 6.07) is 14.1. The minimum Gasteiger partial charge on any atom is -0.464 e. The van der Waals surface area contributed by atoms with Crippen molar-refractivity contribution in [3.8, 4) is 11.1 Å². The van der Waals surface area contributed by atoms with Crippen LogP contribution in [0.2, 0.25) is 5.02 Å². The molecule has 3 aromatic rings. The van der Waals surface area contributed by atoms with Gasteiger partial charge in [0.2, 0.25) is 0 Å². The predicted molar refractivity (Wildman–Crippen MR) is 79.3 cm³/mol. The molecule has 0 saturated carbocycles. The first-order valence-electron chi connectivity index (χ1n) is 5.60. The second-order valence-electron chi connectivity index (χ2n) is 4.12. The van der Waals surface area contributed by atoms with Crippen molar-refractivity contribution in [1.29, 1.82) is 0 Å². The summed E-state index contributed by atoms with van der Waals surface area (Å²) in [4.78, 5) is 0. The van der Waals surface area contributed by atoms with E-state index >= 15 is 0 Å². The number of benzene rings is 2. The molecule has 0 N–H and O–H groups in total. The first kappa shape index (κ1) is 11.8. The molecule has 90 valence electrons. The van der Waals surface area contributed by atoms with Crippen LogP contribution in [0.3, 0.4) is 0 Å². The van der Waals surface area contributed by atoms with Crippen LogP contribution in [-0.2, 0) is 5.33 Å². The Bertz CT molecular complexity index is 685. The van der Waals surface area contributed by atoms with Crippen LogP contribution in [0.4, 0.5) is 0 Å². The van der Waals surface area contributed by atoms with Crippen molar-refractivity contribution < 1.29 is 4.42 Å². The summed E-state index contributed by atoms with van der Waals surface area (Å²) < 4.78 is 5.55. The van der Waals surface area contributed by atoms with E-state index in [4.69, 9.17) is 16.0 Å². The lowest BCUT2D eigenvalue weighted by Crippen LogP contribution is -1.79. The number of hydrogen-bond donors (Lipinski definition) is 0. The van der Waals surface area contributed by atoms with Gasteiger partial charge < -0.3 is 4.42 Å². The van der Waals surface area contributed by atoms with Crippen molar-refractivity contribution in [2.75, 3.05) is 0 Å². The van der Waals surface area contributed by atoms with Gasteiger partial charge in [0.05, 0.1) is 6.26 Å². The Kier molecular flexibility index (Phi) is 3.14. The van der Waals surface area contributed by atoms with Gasteiger partial charge in [0, 0.05) is 21.3 Å². The third kappa shape index (κ3) is 2.06. The van der Waals surface area contributed by atoms with Crippen LogP contribution in [0.5, 0.6) is 0 Å². The van der Waals surface area contributed by atoms with E-state index in [1.54, 1.807) is 6.26 Å². The van der Waals surface area contributed by atoms with Crippen molar-refractivity contribution in [3.63, 3.8) is 0 Å². The maximum atomic E-state index is 6.03. The first-order valence-corrected chi connectivity index (χ1v) is 7.10. The minimum absolute atomic E-state index is 0.724. The quantitative estimate of drug-likeness (QED) is 0.556. The molecule has 1 nitrogen and oxygen atoms in total. The molecule has 18 heavy (non-hydrogen) atoms. The van der Waals surface area contributed by atoms with Gasteiger partial charge in [0.15, 0.2) is 0 Å². The van der Waals surface area contributed by atoms with E-state index in [0.717, 1.165) is 32.4 Å². The van der Waals surface area contributed by atoms with Crippen molar-refractivity contribution >= 4 is 38.5 Å². The lowest BCUT2D eigenvalue weighted by atomic mass is 10.0. The van der Waals surface area contributed by atoms with Crippen LogP contribution >= 0.6 is 27.5 Å². The molecule has 0 radical (unpaired) electrons. The summed E-state index contributed by atoms with van der Waals surface area (Å²) in [5.74, 6) is 0. The second kappa shape index (κ2) is 4.79. The van der Waals surface area contributed by atoms with Crippen molar-refractivity contribution in [3.05, 3.63) is 59.3 Å². The fourth-order valence-electron chi connectivity index (χ4n) is 2.00. The maximum absolute atomic E-state index is 6.03. The molecule has 0 amide bonds. The molecule has 0 atom stereocenters. The van der Waals surface area contributed by atoms with Crippen LogP contribution in [-0.4, -0.2) is 0 Å². The summed E-state index contributed by atoms with van der Waals surface area (Å²) in [7, 11) is 0. The Morgan fingerprint density at radius 1 is 1.06 bits per heavy atom. The molecule has 0 bridgehead atoms. The van der Waals surface area contributed by atoms with Crippen LogP contribution in [0.15, 0.2) is 53.1 Å². The van der Waals surface area contributed by atoms with Crippen molar-refractivity contribution in [1.82, 2.24) is 0 Å². The Labute approximate surface area is 119 Å². The number of halogens is 2. The molecule has 0 aliphatic heterocycles. The van der Waals surface area contributed by atoms with Crippen LogP contribution in [0.25, 0.3) is 22.1 Å². The number of fused-ring (bicyclic) bond motifs is 1. The molecular weight excluding hydrogens is 312 g/mol. The van der Waals surface area contributed by atoms with E-state index in [9.17, 15) is 0 Å². The number of furan rings is 1. The highest BCUT2D eigenvalue weighted by molar-refractivity contribution is 9.08. The molecule has 0 aliphatic rings. The largest absolute Gasteiger partial charge is 0.464 e. The standard InChI is InChI=1S/C15H10BrClO/c16-8-10-1-3-11(4-2-10)14-9-18-15-6-5-12(17)7-13(14)15/h1-7,9H,8H2. The molecule has 2 aromatic carbocycles. The normalized spacial score (nSPS) is 11.0. The zero-order valence-corrected chi connectivity index (χ0v) is 11.8. The summed E-state index contributed by atoms with van der Waals surface area (Å²) in [5.41, 5.74) is 4.33. The van der Waals surface area contributed by atoms with Crippen LogP contribution < -0.4 is 0 Å². The molecular formula is C15H10BrClO. The third-order valence-corrected chi connectivity index (χ3v) is 3.84. The average molecular weight is 322 g/mol. The highest BCUT2D eigenvalue weighted by Crippen LogP contribution is 2.32. The SMILES string of the molecule is Clc1ccc2occ(-c3ccc(CBr)cc3)c2c1.